The molecule has 0 unspecified atom stereocenters. The number of halogens is 1. The van der Waals surface area contributed by atoms with Crippen molar-refractivity contribution in [2.75, 3.05) is 21.1 Å². The molecular weight excluding hydrogens is 416 g/mol. The average Bonchev–Trinajstić information content (AvgIpc) is 2.64. The van der Waals surface area contributed by atoms with Crippen molar-refractivity contribution in [1.82, 2.24) is 14.9 Å². The summed E-state index contributed by atoms with van der Waals surface area (Å²) in [5.41, 5.74) is 2.03. The maximum atomic E-state index is 11.9. The molecule has 0 amide bonds. The molecule has 0 fully saturated rings. The molecule has 26 heavy (non-hydrogen) atoms. The fourth-order valence-electron chi connectivity index (χ4n) is 2.44. The average molecular weight is 439 g/mol. The van der Waals surface area contributed by atoms with Crippen molar-refractivity contribution < 1.29 is 8.42 Å². The number of sulfonamides is 1. The standard InChI is InChI=1S/C18H23BrN4O2S/c1-20-18(23(3)13-14-7-9-16(19)10-8-14)22-12-15-5-4-6-17(11-15)26(24,25)21-2/h4-11,21H,12-13H2,1-3H3,(H,20,22). The van der Waals surface area contributed by atoms with E-state index in [0.717, 1.165) is 16.0 Å². The molecular formula is C18H23BrN4O2S. The molecule has 2 N–H and O–H groups in total. The molecule has 2 aromatic carbocycles. The summed E-state index contributed by atoms with van der Waals surface area (Å²) in [5, 5.41) is 3.27. The fraction of sp³-hybridized carbons (Fsp3) is 0.278. The lowest BCUT2D eigenvalue weighted by molar-refractivity contribution is 0.476. The Bertz CT molecular complexity index is 867. The molecule has 0 saturated heterocycles. The van der Waals surface area contributed by atoms with Crippen molar-refractivity contribution in [3.8, 4) is 0 Å². The van der Waals surface area contributed by atoms with Crippen molar-refractivity contribution in [2.45, 2.75) is 18.0 Å². The third-order valence-electron chi connectivity index (χ3n) is 3.83. The quantitative estimate of drug-likeness (QED) is 0.536. The molecule has 0 radical (unpaired) electrons. The highest BCUT2D eigenvalue weighted by molar-refractivity contribution is 9.10. The van der Waals surface area contributed by atoms with Gasteiger partial charge in [-0.25, -0.2) is 13.1 Å². The van der Waals surface area contributed by atoms with E-state index in [1.165, 1.54) is 12.6 Å². The van der Waals surface area contributed by atoms with E-state index in [2.05, 4.69) is 43.1 Å². The molecule has 0 saturated carbocycles. The number of rotatable bonds is 6. The van der Waals surface area contributed by atoms with Crippen LogP contribution in [0.5, 0.6) is 0 Å². The van der Waals surface area contributed by atoms with Crippen molar-refractivity contribution >= 4 is 31.9 Å². The van der Waals surface area contributed by atoms with E-state index in [1.54, 1.807) is 25.2 Å². The van der Waals surface area contributed by atoms with Gasteiger partial charge in [-0.3, -0.25) is 4.99 Å². The Kier molecular flexibility index (Phi) is 7.19. The van der Waals surface area contributed by atoms with Crippen LogP contribution in [0, 0.1) is 0 Å². The maximum absolute atomic E-state index is 11.9. The summed E-state index contributed by atoms with van der Waals surface area (Å²) in [4.78, 5) is 6.55. The molecule has 2 rings (SSSR count). The number of benzene rings is 2. The van der Waals surface area contributed by atoms with Gasteiger partial charge in [0, 0.05) is 31.7 Å². The number of nitrogens with one attached hydrogen (secondary N) is 2. The van der Waals surface area contributed by atoms with Crippen LogP contribution in [0.4, 0.5) is 0 Å². The third kappa shape index (κ3) is 5.55. The maximum Gasteiger partial charge on any atom is 0.240 e. The minimum absolute atomic E-state index is 0.248. The highest BCUT2D eigenvalue weighted by Gasteiger charge is 2.12. The summed E-state index contributed by atoms with van der Waals surface area (Å²) >= 11 is 3.43. The minimum atomic E-state index is -3.45. The van der Waals surface area contributed by atoms with Crippen LogP contribution in [0.25, 0.3) is 0 Å². The molecule has 0 spiro atoms. The zero-order valence-corrected chi connectivity index (χ0v) is 17.4. The monoisotopic (exact) mass is 438 g/mol. The van der Waals surface area contributed by atoms with Gasteiger partial charge in [-0.2, -0.15) is 0 Å². The van der Waals surface area contributed by atoms with Gasteiger partial charge in [0.2, 0.25) is 10.0 Å². The van der Waals surface area contributed by atoms with Crippen LogP contribution in [0.2, 0.25) is 0 Å². The van der Waals surface area contributed by atoms with E-state index in [0.29, 0.717) is 13.1 Å². The molecule has 140 valence electrons. The molecule has 8 heteroatoms. The van der Waals surface area contributed by atoms with Crippen LogP contribution in [0.15, 0.2) is 62.9 Å². The summed E-state index contributed by atoms with van der Waals surface area (Å²) in [5.74, 6) is 0.731. The van der Waals surface area contributed by atoms with Crippen LogP contribution < -0.4 is 10.0 Å². The van der Waals surface area contributed by atoms with Gasteiger partial charge in [0.1, 0.15) is 0 Å². The second-order valence-corrected chi connectivity index (χ2v) is 8.54. The van der Waals surface area contributed by atoms with E-state index in [-0.39, 0.29) is 4.90 Å². The zero-order valence-electron chi connectivity index (χ0n) is 15.0. The first-order chi connectivity index (χ1) is 12.4. The predicted molar refractivity (Wildman–Crippen MR) is 108 cm³/mol. The number of nitrogens with zero attached hydrogens (tertiary/aromatic N) is 2. The van der Waals surface area contributed by atoms with Crippen molar-refractivity contribution in [3.63, 3.8) is 0 Å². The Balaban J connectivity index is 2.02. The van der Waals surface area contributed by atoms with E-state index in [1.807, 2.05) is 30.1 Å². The van der Waals surface area contributed by atoms with Crippen LogP contribution in [0.3, 0.4) is 0 Å². The minimum Gasteiger partial charge on any atom is -0.352 e. The van der Waals surface area contributed by atoms with Crippen LogP contribution in [0.1, 0.15) is 11.1 Å². The van der Waals surface area contributed by atoms with E-state index >= 15 is 0 Å². The Labute approximate surface area is 163 Å². The Morgan fingerprint density at radius 1 is 1.15 bits per heavy atom. The van der Waals surface area contributed by atoms with Crippen LogP contribution in [-0.2, 0) is 23.1 Å². The van der Waals surface area contributed by atoms with Gasteiger partial charge in [-0.1, -0.05) is 40.2 Å². The van der Waals surface area contributed by atoms with E-state index in [9.17, 15) is 8.42 Å². The van der Waals surface area contributed by atoms with Gasteiger partial charge in [-0.15, -0.1) is 0 Å². The van der Waals surface area contributed by atoms with Crippen molar-refractivity contribution in [3.05, 3.63) is 64.1 Å². The van der Waals surface area contributed by atoms with E-state index in [4.69, 9.17) is 0 Å². The molecule has 0 aliphatic heterocycles. The Morgan fingerprint density at radius 3 is 2.46 bits per heavy atom. The predicted octanol–water partition coefficient (Wildman–Crippen LogP) is 2.56. The first-order valence-electron chi connectivity index (χ1n) is 8.04. The summed E-state index contributed by atoms with van der Waals surface area (Å²) in [6.45, 7) is 1.19. The lowest BCUT2D eigenvalue weighted by Gasteiger charge is -2.22. The largest absolute Gasteiger partial charge is 0.352 e. The molecule has 0 bridgehead atoms. The number of guanidine groups is 1. The summed E-state index contributed by atoms with van der Waals surface area (Å²) in [6.07, 6.45) is 0. The lowest BCUT2D eigenvalue weighted by atomic mass is 10.2. The molecule has 0 atom stereocenters. The van der Waals surface area contributed by atoms with Crippen molar-refractivity contribution in [1.29, 1.82) is 0 Å². The number of aliphatic imine (C=N–C) groups is 1. The van der Waals surface area contributed by atoms with E-state index < -0.39 is 10.0 Å². The summed E-state index contributed by atoms with van der Waals surface area (Å²) < 4.78 is 27.2. The Morgan fingerprint density at radius 2 is 1.85 bits per heavy atom. The molecule has 0 heterocycles. The SMILES string of the molecule is CN=C(NCc1cccc(S(=O)(=O)NC)c1)N(C)Cc1ccc(Br)cc1. The smallest absolute Gasteiger partial charge is 0.240 e. The zero-order chi connectivity index (χ0) is 19.2. The fourth-order valence-corrected chi connectivity index (χ4v) is 3.51. The third-order valence-corrected chi connectivity index (χ3v) is 5.78. The van der Waals surface area contributed by atoms with Gasteiger partial charge in [-0.05, 0) is 42.4 Å². The topological polar surface area (TPSA) is 73.8 Å². The van der Waals surface area contributed by atoms with Gasteiger partial charge >= 0.3 is 0 Å². The Hall–Kier alpha value is -1.90. The number of hydrogen-bond donors (Lipinski definition) is 2. The van der Waals surface area contributed by atoms with Crippen molar-refractivity contribution in [2.24, 2.45) is 4.99 Å². The highest BCUT2D eigenvalue weighted by atomic mass is 79.9. The molecule has 2 aromatic rings. The lowest BCUT2D eigenvalue weighted by Crippen LogP contribution is -2.38. The highest BCUT2D eigenvalue weighted by Crippen LogP contribution is 2.13. The van der Waals surface area contributed by atoms with Crippen LogP contribution in [-0.4, -0.2) is 40.4 Å². The molecule has 6 nitrogen and oxygen atoms in total. The molecule has 0 aromatic heterocycles. The van der Waals surface area contributed by atoms with Gasteiger partial charge < -0.3 is 10.2 Å². The van der Waals surface area contributed by atoms with Gasteiger partial charge in [0.15, 0.2) is 5.96 Å². The summed E-state index contributed by atoms with van der Waals surface area (Å²) in [7, 11) is 1.64. The summed E-state index contributed by atoms with van der Waals surface area (Å²) in [6, 6.07) is 15.0. The molecule has 0 aliphatic carbocycles. The van der Waals surface area contributed by atoms with Crippen LogP contribution >= 0.6 is 15.9 Å². The first kappa shape index (κ1) is 20.4. The molecule has 0 aliphatic rings. The first-order valence-corrected chi connectivity index (χ1v) is 10.3. The number of hydrogen-bond acceptors (Lipinski definition) is 3. The van der Waals surface area contributed by atoms with Gasteiger partial charge in [0.05, 0.1) is 4.90 Å². The second-order valence-electron chi connectivity index (χ2n) is 5.74. The normalized spacial score (nSPS) is 12.1. The van der Waals surface area contributed by atoms with Gasteiger partial charge in [0.25, 0.3) is 0 Å². The second kappa shape index (κ2) is 9.16.